The Kier molecular flexibility index (Phi) is 2.12. The van der Waals surface area contributed by atoms with Crippen LogP contribution in [-0.4, -0.2) is 11.1 Å². The van der Waals surface area contributed by atoms with Crippen molar-refractivity contribution < 1.29 is 14.4 Å². The van der Waals surface area contributed by atoms with Crippen molar-refractivity contribution in [2.45, 2.75) is 6.92 Å². The van der Waals surface area contributed by atoms with E-state index >= 15 is 0 Å². The zero-order chi connectivity index (χ0) is 9.14. The fraction of sp³-hybridized carbons (Fsp3) is 0.143. The highest BCUT2D eigenvalue weighted by Gasteiger charge is 2.13. The van der Waals surface area contributed by atoms with Gasteiger partial charge in [0.2, 0.25) is 5.76 Å². The average Bonchev–Trinajstić information content (AvgIpc) is 2.45. The SMILES string of the molecule is Cc1oc(C#N)cc1C(=O)NO. The Bertz CT molecular complexity index is 348. The fourth-order valence-electron chi connectivity index (χ4n) is 0.823. The van der Waals surface area contributed by atoms with Crippen molar-refractivity contribution in [3.8, 4) is 6.07 Å². The maximum absolute atomic E-state index is 10.8. The molecule has 1 aromatic heterocycles. The number of nitrogens with zero attached hydrogens (tertiary/aromatic N) is 1. The van der Waals surface area contributed by atoms with E-state index in [2.05, 4.69) is 0 Å². The number of aryl methyl sites for hydroxylation is 1. The molecule has 0 atom stereocenters. The first kappa shape index (κ1) is 8.30. The van der Waals surface area contributed by atoms with Gasteiger partial charge in [-0.05, 0) is 6.92 Å². The number of amides is 1. The highest BCUT2D eigenvalue weighted by atomic mass is 16.5. The molecule has 0 aliphatic heterocycles. The number of furan rings is 1. The second kappa shape index (κ2) is 3.07. The second-order valence-electron chi connectivity index (χ2n) is 2.13. The summed E-state index contributed by atoms with van der Waals surface area (Å²) in [5.74, 6) is -0.332. The van der Waals surface area contributed by atoms with E-state index in [4.69, 9.17) is 14.9 Å². The van der Waals surface area contributed by atoms with E-state index in [1.165, 1.54) is 18.5 Å². The van der Waals surface area contributed by atoms with Crippen LogP contribution >= 0.6 is 0 Å². The van der Waals surface area contributed by atoms with Gasteiger partial charge in [-0.25, -0.2) is 5.48 Å². The van der Waals surface area contributed by atoms with Gasteiger partial charge in [-0.3, -0.25) is 10.0 Å². The molecule has 0 aliphatic carbocycles. The Morgan fingerprint density at radius 3 is 2.92 bits per heavy atom. The van der Waals surface area contributed by atoms with Crippen LogP contribution < -0.4 is 5.48 Å². The van der Waals surface area contributed by atoms with Crippen LogP contribution in [0.15, 0.2) is 10.5 Å². The predicted octanol–water partition coefficient (Wildman–Crippen LogP) is 0.579. The normalized spacial score (nSPS) is 9.08. The van der Waals surface area contributed by atoms with Crippen LogP contribution in [0.1, 0.15) is 21.9 Å². The number of carbonyl (C=O) groups is 1. The molecule has 5 heteroatoms. The van der Waals surface area contributed by atoms with Gasteiger partial charge < -0.3 is 4.42 Å². The lowest BCUT2D eigenvalue weighted by Crippen LogP contribution is -2.18. The molecule has 0 bridgehead atoms. The van der Waals surface area contributed by atoms with Crippen molar-refractivity contribution in [1.82, 2.24) is 5.48 Å². The number of hydroxylamine groups is 1. The van der Waals surface area contributed by atoms with Crippen LogP contribution in [0.2, 0.25) is 0 Å². The summed E-state index contributed by atoms with van der Waals surface area (Å²) in [7, 11) is 0. The molecule has 12 heavy (non-hydrogen) atoms. The molecule has 2 N–H and O–H groups in total. The average molecular weight is 166 g/mol. The maximum Gasteiger partial charge on any atom is 0.278 e. The Hall–Kier alpha value is -1.80. The zero-order valence-corrected chi connectivity index (χ0v) is 6.29. The van der Waals surface area contributed by atoms with E-state index in [0.29, 0.717) is 5.76 Å². The Morgan fingerprint density at radius 2 is 2.50 bits per heavy atom. The van der Waals surface area contributed by atoms with Gasteiger partial charge in [0.1, 0.15) is 11.8 Å². The van der Waals surface area contributed by atoms with E-state index in [1.54, 1.807) is 6.07 Å². The second-order valence-corrected chi connectivity index (χ2v) is 2.13. The molecule has 1 aromatic rings. The number of rotatable bonds is 1. The Labute approximate surface area is 68.2 Å². The molecular formula is C7H6N2O3. The van der Waals surface area contributed by atoms with Crippen molar-refractivity contribution in [1.29, 1.82) is 5.26 Å². The number of carbonyl (C=O) groups excluding carboxylic acids is 1. The summed E-state index contributed by atoms with van der Waals surface area (Å²) in [6.07, 6.45) is 0. The molecule has 1 heterocycles. The minimum absolute atomic E-state index is 0.0473. The van der Waals surface area contributed by atoms with Crippen molar-refractivity contribution in [3.63, 3.8) is 0 Å². The first-order chi connectivity index (χ1) is 5.69. The summed E-state index contributed by atoms with van der Waals surface area (Å²) in [5, 5.41) is 16.7. The van der Waals surface area contributed by atoms with Gasteiger partial charge in [-0.1, -0.05) is 0 Å². The van der Waals surface area contributed by atoms with E-state index in [1.807, 2.05) is 0 Å². The summed E-state index contributed by atoms with van der Waals surface area (Å²) in [5.41, 5.74) is 1.61. The van der Waals surface area contributed by atoms with Crippen LogP contribution in [0, 0.1) is 18.3 Å². The molecule has 0 saturated heterocycles. The number of hydrogen-bond acceptors (Lipinski definition) is 4. The van der Waals surface area contributed by atoms with Gasteiger partial charge in [-0.15, -0.1) is 0 Å². The molecule has 0 aliphatic rings. The molecule has 0 saturated carbocycles. The van der Waals surface area contributed by atoms with Gasteiger partial charge in [0.15, 0.2) is 0 Å². The van der Waals surface area contributed by atoms with Gasteiger partial charge >= 0.3 is 0 Å². The summed E-state index contributed by atoms with van der Waals surface area (Å²) in [6, 6.07) is 3.00. The van der Waals surface area contributed by atoms with E-state index in [-0.39, 0.29) is 11.3 Å². The van der Waals surface area contributed by atoms with Crippen molar-refractivity contribution in [3.05, 3.63) is 23.2 Å². The quantitative estimate of drug-likeness (QED) is 0.472. The van der Waals surface area contributed by atoms with Crippen molar-refractivity contribution >= 4 is 5.91 Å². The predicted molar refractivity (Wildman–Crippen MR) is 37.4 cm³/mol. The van der Waals surface area contributed by atoms with Gasteiger partial charge in [0.25, 0.3) is 5.91 Å². The van der Waals surface area contributed by atoms with Crippen LogP contribution in [0.25, 0.3) is 0 Å². The molecule has 0 spiro atoms. The zero-order valence-electron chi connectivity index (χ0n) is 6.29. The van der Waals surface area contributed by atoms with E-state index in [9.17, 15) is 4.79 Å². The summed E-state index contributed by atoms with van der Waals surface area (Å²) < 4.78 is 4.85. The molecular weight excluding hydrogens is 160 g/mol. The van der Waals surface area contributed by atoms with Gasteiger partial charge in [-0.2, -0.15) is 5.26 Å². The van der Waals surface area contributed by atoms with Crippen LogP contribution in [-0.2, 0) is 0 Å². The highest BCUT2D eigenvalue weighted by molar-refractivity contribution is 5.94. The Balaban J connectivity index is 3.10. The smallest absolute Gasteiger partial charge is 0.278 e. The van der Waals surface area contributed by atoms with E-state index in [0.717, 1.165) is 0 Å². The topological polar surface area (TPSA) is 86.3 Å². The third kappa shape index (κ3) is 1.28. The molecule has 0 fully saturated rings. The first-order valence-electron chi connectivity index (χ1n) is 3.14. The Morgan fingerprint density at radius 1 is 1.83 bits per heavy atom. The van der Waals surface area contributed by atoms with Crippen molar-refractivity contribution in [2.24, 2.45) is 0 Å². The summed E-state index contributed by atoms with van der Waals surface area (Å²) >= 11 is 0. The molecule has 0 aromatic carbocycles. The minimum Gasteiger partial charge on any atom is -0.450 e. The molecule has 0 unspecified atom stereocenters. The van der Waals surface area contributed by atoms with E-state index < -0.39 is 5.91 Å². The highest BCUT2D eigenvalue weighted by Crippen LogP contribution is 2.12. The summed E-state index contributed by atoms with van der Waals surface area (Å²) in [6.45, 7) is 1.53. The summed E-state index contributed by atoms with van der Waals surface area (Å²) in [4.78, 5) is 10.8. The van der Waals surface area contributed by atoms with Crippen LogP contribution in [0.3, 0.4) is 0 Å². The third-order valence-electron chi connectivity index (χ3n) is 1.37. The molecule has 5 nitrogen and oxygen atoms in total. The fourth-order valence-corrected chi connectivity index (χ4v) is 0.823. The first-order valence-corrected chi connectivity index (χ1v) is 3.14. The lowest BCUT2D eigenvalue weighted by atomic mass is 10.2. The number of nitriles is 1. The number of nitrogens with one attached hydrogen (secondary N) is 1. The van der Waals surface area contributed by atoms with Gasteiger partial charge in [0, 0.05) is 6.07 Å². The largest absolute Gasteiger partial charge is 0.450 e. The minimum atomic E-state index is -0.683. The standard InChI is InChI=1S/C7H6N2O3/c1-4-6(7(10)9-11)2-5(3-8)12-4/h2,11H,1H3,(H,9,10). The van der Waals surface area contributed by atoms with Crippen LogP contribution in [0.5, 0.6) is 0 Å². The maximum atomic E-state index is 10.8. The lowest BCUT2D eigenvalue weighted by molar-refractivity contribution is 0.0704. The molecule has 1 amide bonds. The van der Waals surface area contributed by atoms with Crippen LogP contribution in [0.4, 0.5) is 0 Å². The van der Waals surface area contributed by atoms with Crippen molar-refractivity contribution in [2.75, 3.05) is 0 Å². The molecule has 62 valence electrons. The van der Waals surface area contributed by atoms with Gasteiger partial charge in [0.05, 0.1) is 5.56 Å². The molecule has 0 radical (unpaired) electrons. The number of hydrogen-bond donors (Lipinski definition) is 2. The lowest BCUT2D eigenvalue weighted by Gasteiger charge is -1.92. The third-order valence-corrected chi connectivity index (χ3v) is 1.37. The molecule has 1 rings (SSSR count). The monoisotopic (exact) mass is 166 g/mol.